The molecule has 0 bridgehead atoms. The van der Waals surface area contributed by atoms with E-state index in [1.807, 2.05) is 19.1 Å². The van der Waals surface area contributed by atoms with Gasteiger partial charge in [0, 0.05) is 12.2 Å². The average molecular weight is 457 g/mol. The molecule has 0 spiro atoms. The second-order valence-electron chi connectivity index (χ2n) is 9.02. The van der Waals surface area contributed by atoms with Crippen molar-refractivity contribution in [3.05, 3.63) is 54.1 Å². The van der Waals surface area contributed by atoms with Gasteiger partial charge in [0.2, 0.25) is 0 Å². The maximum atomic E-state index is 10.4. The lowest BCUT2D eigenvalue weighted by Crippen LogP contribution is -2.00. The van der Waals surface area contributed by atoms with E-state index >= 15 is 0 Å². The highest BCUT2D eigenvalue weighted by molar-refractivity contribution is 6.02. The zero-order chi connectivity index (χ0) is 24.5. The predicted octanol–water partition coefficient (Wildman–Crippen LogP) is 6.17. The largest absolute Gasteiger partial charge is 0.481 e. The van der Waals surface area contributed by atoms with Gasteiger partial charge in [-0.2, -0.15) is 4.79 Å². The number of carbonyl (C=O) groups excluding carboxylic acids is 1. The van der Waals surface area contributed by atoms with Crippen molar-refractivity contribution in [2.45, 2.75) is 71.6 Å². The Morgan fingerprint density at radius 1 is 0.970 bits per heavy atom. The minimum Gasteiger partial charge on any atom is -0.481 e. The van der Waals surface area contributed by atoms with E-state index in [1.54, 1.807) is 12.2 Å². The maximum Gasteiger partial charge on any atom is 0.315 e. The molecule has 6 heteroatoms. The molecule has 2 atom stereocenters. The second kappa shape index (κ2) is 16.8. The molecule has 3 saturated carbocycles. The summed E-state index contributed by atoms with van der Waals surface area (Å²) in [6.45, 7) is 4.23. The van der Waals surface area contributed by atoms with Crippen LogP contribution in [0, 0.1) is 23.7 Å². The van der Waals surface area contributed by atoms with Crippen LogP contribution in [0.15, 0.2) is 48.6 Å². The molecule has 0 heterocycles. The fourth-order valence-electron chi connectivity index (χ4n) is 2.62. The normalized spacial score (nSPS) is 23.3. The fraction of sp³-hybridized carbons (Fsp3) is 0.593. The smallest absolute Gasteiger partial charge is 0.315 e. The van der Waals surface area contributed by atoms with Gasteiger partial charge in [-0.3, -0.25) is 9.59 Å². The first-order valence-electron chi connectivity index (χ1n) is 12.1. The first-order chi connectivity index (χ1) is 15.9. The minimum atomic E-state index is -0.632. The Hall–Kier alpha value is -2.72. The minimum absolute atomic E-state index is 0.0139. The molecule has 5 rings (SSSR count). The van der Waals surface area contributed by atoms with Crippen LogP contribution in [0.25, 0.3) is 5.53 Å². The summed E-state index contributed by atoms with van der Waals surface area (Å²) in [4.78, 5) is 23.3. The number of carboxylic acid groups (broad SMARTS) is 1. The maximum absolute atomic E-state index is 10.4. The lowest BCUT2D eigenvalue weighted by Gasteiger charge is -1.94. The van der Waals surface area contributed by atoms with Gasteiger partial charge >= 0.3 is 17.7 Å². The van der Waals surface area contributed by atoms with Crippen LogP contribution in [0.1, 0.15) is 71.6 Å². The van der Waals surface area contributed by atoms with E-state index in [2.05, 4.69) is 40.8 Å². The highest BCUT2D eigenvalue weighted by atomic mass is 16.5. The van der Waals surface area contributed by atoms with Crippen LogP contribution in [0.2, 0.25) is 0 Å². The molecule has 5 aliphatic rings. The molecule has 0 saturated heterocycles. The lowest BCUT2D eigenvalue weighted by atomic mass is 10.1. The molecule has 0 aromatic heterocycles. The zero-order valence-corrected chi connectivity index (χ0v) is 20.4. The quantitative estimate of drug-likeness (QED) is 0.305. The van der Waals surface area contributed by atoms with Crippen molar-refractivity contribution in [1.29, 1.82) is 0 Å². The van der Waals surface area contributed by atoms with Crippen LogP contribution >= 0.6 is 0 Å². The van der Waals surface area contributed by atoms with Gasteiger partial charge < -0.3 is 15.4 Å². The Morgan fingerprint density at radius 2 is 1.45 bits per heavy atom. The van der Waals surface area contributed by atoms with Crippen molar-refractivity contribution in [3.8, 4) is 0 Å². The Labute approximate surface area is 198 Å². The van der Waals surface area contributed by atoms with Gasteiger partial charge in [-0.1, -0.05) is 63.1 Å². The molecule has 3 fully saturated rings. The first-order valence-corrected chi connectivity index (χ1v) is 12.1. The Kier molecular flexibility index (Phi) is 14.5. The summed E-state index contributed by atoms with van der Waals surface area (Å²) in [5.41, 5.74) is 8.66. The van der Waals surface area contributed by atoms with E-state index < -0.39 is 5.97 Å². The summed E-state index contributed by atoms with van der Waals surface area (Å²) in [5, 5.41) is 8.22. The highest BCUT2D eigenvalue weighted by Gasteiger charge is 2.38. The molecular formula is C27H40N2O4. The number of hydrogen-bond donors (Lipinski definition) is 1. The number of methoxy groups -OCH3 is 1. The van der Waals surface area contributed by atoms with Gasteiger partial charge in [-0.25, -0.2) is 0 Å². The van der Waals surface area contributed by atoms with Crippen molar-refractivity contribution >= 4 is 17.7 Å². The number of carbonyl (C=O) groups is 2. The summed E-state index contributed by atoms with van der Waals surface area (Å²) in [5.74, 6) is 1.09. The molecule has 0 aromatic rings. The van der Waals surface area contributed by atoms with E-state index in [4.69, 9.17) is 10.6 Å². The number of esters is 1. The molecule has 182 valence electrons. The molecule has 0 aliphatic heterocycles. The van der Waals surface area contributed by atoms with Crippen molar-refractivity contribution < 1.29 is 24.2 Å². The molecule has 1 N–H and O–H groups in total. The Balaban J connectivity index is 0.000000209. The third kappa shape index (κ3) is 16.6. The van der Waals surface area contributed by atoms with Gasteiger partial charge in [0.15, 0.2) is 0 Å². The first kappa shape index (κ1) is 28.3. The van der Waals surface area contributed by atoms with E-state index in [-0.39, 0.29) is 17.8 Å². The van der Waals surface area contributed by atoms with Crippen molar-refractivity contribution in [2.24, 2.45) is 23.7 Å². The molecule has 6 nitrogen and oxygen atoms in total. The van der Waals surface area contributed by atoms with Crippen LogP contribution in [-0.2, 0) is 14.3 Å². The van der Waals surface area contributed by atoms with Gasteiger partial charge in [-0.05, 0) is 56.8 Å². The monoisotopic (exact) mass is 456 g/mol. The van der Waals surface area contributed by atoms with Crippen LogP contribution < -0.4 is 0 Å². The van der Waals surface area contributed by atoms with E-state index in [9.17, 15) is 9.59 Å². The predicted molar refractivity (Wildman–Crippen MR) is 132 cm³/mol. The summed E-state index contributed by atoms with van der Waals surface area (Å²) in [6.07, 6.45) is 27.0. The summed E-state index contributed by atoms with van der Waals surface area (Å²) < 4.78 is 4.44. The van der Waals surface area contributed by atoms with Crippen LogP contribution in [0.3, 0.4) is 0 Å². The number of ether oxygens (including phenoxy) is 1. The van der Waals surface area contributed by atoms with Crippen molar-refractivity contribution in [1.82, 2.24) is 0 Å². The average Bonchev–Trinajstić information content (AvgIpc) is 3.72. The third-order valence-corrected chi connectivity index (χ3v) is 5.54. The fourth-order valence-corrected chi connectivity index (χ4v) is 2.62. The van der Waals surface area contributed by atoms with Crippen LogP contribution in [-0.4, -0.2) is 34.7 Å². The molecule has 33 heavy (non-hydrogen) atoms. The van der Waals surface area contributed by atoms with E-state index in [1.165, 1.54) is 45.6 Å². The molecular weight excluding hydrogens is 416 g/mol. The summed E-state index contributed by atoms with van der Waals surface area (Å²) in [6, 6.07) is 0. The number of hydrogen-bond acceptors (Lipinski definition) is 3. The Bertz CT molecular complexity index is 739. The summed E-state index contributed by atoms with van der Waals surface area (Å²) >= 11 is 0. The van der Waals surface area contributed by atoms with Crippen LogP contribution in [0.5, 0.6) is 0 Å². The molecule has 5 aliphatic carbocycles. The van der Waals surface area contributed by atoms with E-state index in [0.29, 0.717) is 11.6 Å². The summed E-state index contributed by atoms with van der Waals surface area (Å²) in [7, 11) is 1.43. The Morgan fingerprint density at radius 3 is 1.67 bits per heavy atom. The van der Waals surface area contributed by atoms with E-state index in [0.717, 1.165) is 25.2 Å². The number of rotatable bonds is 2. The number of aliphatic carboxylic acids is 1. The number of allylic oxidation sites excluding steroid dienone is 8. The molecule has 0 radical (unpaired) electrons. The van der Waals surface area contributed by atoms with Gasteiger partial charge in [0.1, 0.15) is 0 Å². The molecule has 2 unspecified atom stereocenters. The van der Waals surface area contributed by atoms with Crippen LogP contribution in [0.4, 0.5) is 0 Å². The van der Waals surface area contributed by atoms with Gasteiger partial charge in [0.25, 0.3) is 0 Å². The lowest BCUT2D eigenvalue weighted by molar-refractivity contribution is -0.142. The number of nitrogens with zero attached hydrogens (tertiary/aromatic N) is 2. The topological polar surface area (TPSA) is 100 Å². The van der Waals surface area contributed by atoms with Gasteiger partial charge in [0.05, 0.1) is 18.9 Å². The standard InChI is InChI=1S/C8H12.C5H4N2.2C5H8O2.C4H8/c1-2-4-6-8-7-5-3-1;6-7-5-3-1-2-4-5;1-7-5(6)4-2-3-4;1-3-2-4(3)5(6)7;1-4-2-3-4/h1-4H,5-8H2;1-4H;4H,2-3H2,1H3;3-4H,2H2,1H3,(H,6,7);4H,2-3H2,1H3. The highest BCUT2D eigenvalue weighted by Crippen LogP contribution is 2.37. The third-order valence-electron chi connectivity index (χ3n) is 5.54. The van der Waals surface area contributed by atoms with Crippen molar-refractivity contribution in [2.75, 3.05) is 7.11 Å². The molecule has 0 aromatic carbocycles. The SMILES string of the molecule is C1=CCCCCC=C1.CC1CC1.CC1CC1C(=O)O.COC(=O)C1CC1.[N-]=[N+]=C1C=CC=C1. The molecule has 0 amide bonds. The zero-order valence-electron chi connectivity index (χ0n) is 20.4. The van der Waals surface area contributed by atoms with Crippen molar-refractivity contribution in [3.63, 3.8) is 0 Å². The second-order valence-corrected chi connectivity index (χ2v) is 9.02. The van der Waals surface area contributed by atoms with Gasteiger partial charge in [-0.15, -0.1) is 0 Å². The number of carboxylic acids is 1.